The molecule has 1 atom stereocenters. The summed E-state index contributed by atoms with van der Waals surface area (Å²) in [6, 6.07) is 11.9. The standard InChI is InChI=1S/C39H51F3N2O4/c1-3-5-7-8-9-10-11-12-13-14-15-16-17-18-30-28-43-36(44-29-30)31-20-22-32(23-21-31)37(45)47-34-26-24-33(25-27-34)38(46)48-35(19-6-4-2)39(40,41)42/h20-29,35H,3-19H2,1-2H3/t35-/m0/s1. The number of nitrogens with zero attached hydrogens (tertiary/aromatic N) is 2. The van der Waals surface area contributed by atoms with Crippen molar-refractivity contribution in [2.45, 2.75) is 135 Å². The van der Waals surface area contributed by atoms with Gasteiger partial charge >= 0.3 is 18.1 Å². The molecule has 3 rings (SSSR count). The third-order valence-corrected chi connectivity index (χ3v) is 8.39. The van der Waals surface area contributed by atoms with Crippen LogP contribution < -0.4 is 4.74 Å². The van der Waals surface area contributed by atoms with Gasteiger partial charge in [0.1, 0.15) is 5.75 Å². The Morgan fingerprint density at radius 3 is 1.65 bits per heavy atom. The average molecular weight is 669 g/mol. The van der Waals surface area contributed by atoms with Crippen LogP contribution in [0.4, 0.5) is 13.2 Å². The van der Waals surface area contributed by atoms with Crippen LogP contribution in [-0.2, 0) is 11.2 Å². The van der Waals surface area contributed by atoms with Crippen LogP contribution in [0.5, 0.6) is 5.75 Å². The number of alkyl halides is 3. The number of aryl methyl sites for hydroxylation is 1. The summed E-state index contributed by atoms with van der Waals surface area (Å²) < 4.78 is 49.7. The number of aromatic nitrogens is 2. The fourth-order valence-corrected chi connectivity index (χ4v) is 5.44. The largest absolute Gasteiger partial charge is 0.449 e. The summed E-state index contributed by atoms with van der Waals surface area (Å²) in [5.41, 5.74) is 2.10. The zero-order valence-electron chi connectivity index (χ0n) is 28.5. The van der Waals surface area contributed by atoms with Crippen LogP contribution >= 0.6 is 0 Å². The molecule has 0 N–H and O–H groups in total. The third-order valence-electron chi connectivity index (χ3n) is 8.39. The summed E-state index contributed by atoms with van der Waals surface area (Å²) in [7, 11) is 0. The number of unbranched alkanes of at least 4 members (excludes halogenated alkanes) is 13. The molecule has 3 aromatic rings. The Bertz CT molecular complexity index is 1340. The number of esters is 2. The SMILES string of the molecule is CCCCCCCCCCCCCCCc1cnc(-c2ccc(C(=O)Oc3ccc(C(=O)O[C@@H](CCCC)C(F)(F)F)cc3)cc2)nc1. The predicted octanol–water partition coefficient (Wildman–Crippen LogP) is 11.3. The summed E-state index contributed by atoms with van der Waals surface area (Å²) in [6.07, 6.45) is 15.7. The molecule has 0 amide bonds. The second-order valence-electron chi connectivity index (χ2n) is 12.5. The van der Waals surface area contributed by atoms with Gasteiger partial charge in [-0.25, -0.2) is 19.6 Å². The van der Waals surface area contributed by atoms with Gasteiger partial charge in [0.15, 0.2) is 11.9 Å². The van der Waals surface area contributed by atoms with Crippen LogP contribution in [-0.4, -0.2) is 34.2 Å². The molecule has 0 bridgehead atoms. The highest BCUT2D eigenvalue weighted by molar-refractivity contribution is 5.92. The molecule has 0 aliphatic rings. The van der Waals surface area contributed by atoms with Gasteiger partial charge in [-0.05, 0) is 67.6 Å². The molecule has 48 heavy (non-hydrogen) atoms. The molecule has 262 valence electrons. The second-order valence-corrected chi connectivity index (χ2v) is 12.5. The first kappa shape index (κ1) is 38.7. The van der Waals surface area contributed by atoms with Crippen LogP contribution in [0.1, 0.15) is 143 Å². The molecule has 0 radical (unpaired) electrons. The Morgan fingerprint density at radius 1 is 0.646 bits per heavy atom. The molecule has 0 saturated carbocycles. The van der Waals surface area contributed by atoms with Crippen molar-refractivity contribution in [2.24, 2.45) is 0 Å². The fraction of sp³-hybridized carbons (Fsp3) is 0.538. The van der Waals surface area contributed by atoms with Gasteiger partial charge < -0.3 is 9.47 Å². The van der Waals surface area contributed by atoms with Gasteiger partial charge in [-0.1, -0.05) is 109 Å². The van der Waals surface area contributed by atoms with Crippen molar-refractivity contribution >= 4 is 11.9 Å². The number of ether oxygens (including phenoxy) is 2. The summed E-state index contributed by atoms with van der Waals surface area (Å²) >= 11 is 0. The number of carbonyl (C=O) groups excluding carboxylic acids is 2. The Balaban J connectivity index is 1.37. The van der Waals surface area contributed by atoms with Crippen LogP contribution in [0.15, 0.2) is 60.9 Å². The maximum atomic E-state index is 13.2. The number of hydrogen-bond donors (Lipinski definition) is 0. The molecule has 0 fully saturated rings. The Kier molecular flexibility index (Phi) is 17.1. The average Bonchev–Trinajstić information content (AvgIpc) is 3.08. The van der Waals surface area contributed by atoms with E-state index in [-0.39, 0.29) is 24.2 Å². The third kappa shape index (κ3) is 14.2. The molecule has 0 spiro atoms. The smallest absolute Gasteiger partial charge is 0.425 e. The van der Waals surface area contributed by atoms with Gasteiger partial charge in [-0.15, -0.1) is 0 Å². The minimum atomic E-state index is -4.64. The summed E-state index contributed by atoms with van der Waals surface area (Å²) in [5, 5.41) is 0. The highest BCUT2D eigenvalue weighted by atomic mass is 19.4. The number of hydrogen-bond acceptors (Lipinski definition) is 6. The van der Waals surface area contributed by atoms with Crippen LogP contribution in [0.25, 0.3) is 11.4 Å². The molecule has 2 aromatic carbocycles. The van der Waals surface area contributed by atoms with E-state index < -0.39 is 24.2 Å². The number of halogens is 3. The first-order valence-corrected chi connectivity index (χ1v) is 17.7. The molecule has 0 saturated heterocycles. The molecule has 0 aliphatic heterocycles. The van der Waals surface area contributed by atoms with E-state index >= 15 is 0 Å². The summed E-state index contributed by atoms with van der Waals surface area (Å²) in [5.74, 6) is -1.00. The van der Waals surface area contributed by atoms with E-state index in [4.69, 9.17) is 9.47 Å². The van der Waals surface area contributed by atoms with Crippen molar-refractivity contribution in [1.29, 1.82) is 0 Å². The van der Waals surface area contributed by atoms with Crippen molar-refractivity contribution in [2.75, 3.05) is 0 Å². The molecule has 0 unspecified atom stereocenters. The Morgan fingerprint density at radius 2 is 1.12 bits per heavy atom. The molecular weight excluding hydrogens is 617 g/mol. The van der Waals surface area contributed by atoms with Gasteiger partial charge in [-0.2, -0.15) is 13.2 Å². The normalized spacial score (nSPS) is 12.1. The highest BCUT2D eigenvalue weighted by Gasteiger charge is 2.42. The minimum Gasteiger partial charge on any atom is -0.449 e. The van der Waals surface area contributed by atoms with E-state index in [0.717, 1.165) is 24.0 Å². The minimum absolute atomic E-state index is 0.0692. The number of rotatable bonds is 22. The summed E-state index contributed by atoms with van der Waals surface area (Å²) in [4.78, 5) is 34.0. The highest BCUT2D eigenvalue weighted by Crippen LogP contribution is 2.28. The van der Waals surface area contributed by atoms with Gasteiger partial charge in [-0.3, -0.25) is 0 Å². The van der Waals surface area contributed by atoms with Crippen molar-refractivity contribution < 1.29 is 32.2 Å². The van der Waals surface area contributed by atoms with E-state index in [9.17, 15) is 22.8 Å². The lowest BCUT2D eigenvalue weighted by Gasteiger charge is -2.20. The molecule has 0 aliphatic carbocycles. The zero-order valence-corrected chi connectivity index (χ0v) is 28.5. The predicted molar refractivity (Wildman–Crippen MR) is 183 cm³/mol. The first-order valence-electron chi connectivity index (χ1n) is 17.7. The molecule has 9 heteroatoms. The first-order chi connectivity index (χ1) is 23.2. The molecule has 1 aromatic heterocycles. The van der Waals surface area contributed by atoms with Crippen LogP contribution in [0.2, 0.25) is 0 Å². The molecule has 6 nitrogen and oxygen atoms in total. The summed E-state index contributed by atoms with van der Waals surface area (Å²) in [6.45, 7) is 4.02. The van der Waals surface area contributed by atoms with E-state index in [1.165, 1.54) is 101 Å². The van der Waals surface area contributed by atoms with Crippen molar-refractivity contribution in [1.82, 2.24) is 9.97 Å². The van der Waals surface area contributed by atoms with E-state index in [1.54, 1.807) is 31.2 Å². The van der Waals surface area contributed by atoms with Gasteiger partial charge in [0, 0.05) is 18.0 Å². The lowest BCUT2D eigenvalue weighted by atomic mass is 10.0. The molecule has 1 heterocycles. The molecular formula is C39H51F3N2O4. The van der Waals surface area contributed by atoms with Crippen molar-refractivity contribution in [3.63, 3.8) is 0 Å². The Labute approximate surface area is 283 Å². The quantitative estimate of drug-likeness (QED) is 0.0602. The second kappa shape index (κ2) is 21.3. The van der Waals surface area contributed by atoms with Gasteiger partial charge in [0.25, 0.3) is 0 Å². The fourth-order valence-electron chi connectivity index (χ4n) is 5.44. The van der Waals surface area contributed by atoms with Crippen LogP contribution in [0.3, 0.4) is 0 Å². The van der Waals surface area contributed by atoms with Gasteiger partial charge in [0.2, 0.25) is 0 Å². The Hall–Kier alpha value is -3.75. The monoisotopic (exact) mass is 668 g/mol. The van der Waals surface area contributed by atoms with E-state index in [2.05, 4.69) is 16.9 Å². The van der Waals surface area contributed by atoms with E-state index in [1.807, 2.05) is 12.4 Å². The lowest BCUT2D eigenvalue weighted by molar-refractivity contribution is -0.206. The number of carbonyl (C=O) groups is 2. The maximum absolute atomic E-state index is 13.2. The van der Waals surface area contributed by atoms with Crippen molar-refractivity contribution in [3.05, 3.63) is 77.6 Å². The zero-order chi connectivity index (χ0) is 34.6. The van der Waals surface area contributed by atoms with Crippen molar-refractivity contribution in [3.8, 4) is 17.1 Å². The lowest BCUT2D eigenvalue weighted by Crippen LogP contribution is -2.33. The van der Waals surface area contributed by atoms with Gasteiger partial charge in [0.05, 0.1) is 11.1 Å². The number of benzene rings is 2. The maximum Gasteiger partial charge on any atom is 0.425 e. The van der Waals surface area contributed by atoms with E-state index in [0.29, 0.717) is 17.8 Å². The topological polar surface area (TPSA) is 78.4 Å². The van der Waals surface area contributed by atoms with Crippen LogP contribution in [0, 0.1) is 0 Å².